The van der Waals surface area contributed by atoms with Crippen LogP contribution in [0.4, 0.5) is 0 Å². The monoisotopic (exact) mass is 279 g/mol. The van der Waals surface area contributed by atoms with E-state index in [1.165, 1.54) is 4.90 Å². The Kier molecular flexibility index (Phi) is 5.87. The van der Waals surface area contributed by atoms with Crippen LogP contribution >= 0.6 is 15.9 Å². The number of hydrogen-bond donors (Lipinski definition) is 0. The Labute approximate surface area is 99.1 Å². The van der Waals surface area contributed by atoms with Gasteiger partial charge in [-0.1, -0.05) is 15.9 Å². The van der Waals surface area contributed by atoms with Gasteiger partial charge >= 0.3 is 5.97 Å². The third kappa shape index (κ3) is 6.49. The highest BCUT2D eigenvalue weighted by atomic mass is 79.9. The summed E-state index contributed by atoms with van der Waals surface area (Å²) >= 11 is 3.06. The minimum absolute atomic E-state index is 0.0121. The number of ether oxygens (including phenoxy) is 1. The lowest BCUT2D eigenvalue weighted by molar-refractivity contribution is -0.158. The Morgan fingerprint density at radius 2 is 1.87 bits per heavy atom. The second-order valence-corrected chi connectivity index (χ2v) is 4.69. The molecule has 0 fully saturated rings. The second-order valence-electron chi connectivity index (χ2n) is 4.13. The van der Waals surface area contributed by atoms with Gasteiger partial charge in [0.05, 0.1) is 5.33 Å². The molecule has 0 saturated heterocycles. The van der Waals surface area contributed by atoms with Crippen molar-refractivity contribution < 1.29 is 14.3 Å². The van der Waals surface area contributed by atoms with E-state index in [9.17, 15) is 9.59 Å². The zero-order valence-corrected chi connectivity index (χ0v) is 11.3. The largest absolute Gasteiger partial charge is 0.459 e. The molecule has 0 atom stereocenters. The van der Waals surface area contributed by atoms with E-state index in [1.54, 1.807) is 20.8 Å². The van der Waals surface area contributed by atoms with Gasteiger partial charge in [-0.25, -0.2) is 0 Å². The number of rotatable bonds is 4. The Bertz CT molecular complexity index is 235. The zero-order chi connectivity index (χ0) is 12.1. The number of alkyl halides is 1. The van der Waals surface area contributed by atoms with Crippen LogP contribution in [-0.2, 0) is 14.3 Å². The molecule has 0 heterocycles. The first kappa shape index (κ1) is 14.4. The highest BCUT2D eigenvalue weighted by Crippen LogP contribution is 2.07. The van der Waals surface area contributed by atoms with E-state index < -0.39 is 5.60 Å². The van der Waals surface area contributed by atoms with Crippen LogP contribution in [0.2, 0.25) is 0 Å². The number of likely N-dealkylation sites (N-methyl/N-ethyl adjacent to an activating group) is 1. The van der Waals surface area contributed by atoms with E-state index in [1.807, 2.05) is 6.92 Å². The normalized spacial score (nSPS) is 11.0. The quantitative estimate of drug-likeness (QED) is 0.580. The smallest absolute Gasteiger partial charge is 0.326 e. The molecular formula is C10H18BrNO3. The minimum Gasteiger partial charge on any atom is -0.459 e. The van der Waals surface area contributed by atoms with Crippen LogP contribution in [0.1, 0.15) is 27.7 Å². The second kappa shape index (κ2) is 6.10. The van der Waals surface area contributed by atoms with Crippen molar-refractivity contribution >= 4 is 27.8 Å². The number of carbonyl (C=O) groups excluding carboxylic acids is 2. The fourth-order valence-electron chi connectivity index (χ4n) is 0.990. The van der Waals surface area contributed by atoms with Crippen molar-refractivity contribution in [2.24, 2.45) is 0 Å². The number of carbonyl (C=O) groups is 2. The predicted octanol–water partition coefficient (Wildman–Crippen LogP) is 1.57. The minimum atomic E-state index is -0.506. The lowest BCUT2D eigenvalue weighted by atomic mass is 10.2. The molecule has 0 aliphatic rings. The van der Waals surface area contributed by atoms with E-state index in [0.29, 0.717) is 6.54 Å². The fraction of sp³-hybridized carbons (Fsp3) is 0.800. The van der Waals surface area contributed by atoms with Crippen molar-refractivity contribution in [3.63, 3.8) is 0 Å². The summed E-state index contributed by atoms with van der Waals surface area (Å²) in [6.45, 7) is 7.74. The maximum atomic E-state index is 11.4. The van der Waals surface area contributed by atoms with Gasteiger partial charge in [0.25, 0.3) is 0 Å². The summed E-state index contributed by atoms with van der Waals surface area (Å²) in [5.41, 5.74) is -0.506. The molecule has 15 heavy (non-hydrogen) atoms. The van der Waals surface area contributed by atoms with Crippen LogP contribution in [-0.4, -0.2) is 40.8 Å². The third-order valence-electron chi connectivity index (χ3n) is 1.59. The van der Waals surface area contributed by atoms with Gasteiger partial charge in [-0.05, 0) is 27.7 Å². The van der Waals surface area contributed by atoms with Crippen LogP contribution in [0.3, 0.4) is 0 Å². The average Bonchev–Trinajstić information content (AvgIpc) is 2.10. The molecule has 0 aliphatic heterocycles. The van der Waals surface area contributed by atoms with Crippen LogP contribution in [0.15, 0.2) is 0 Å². The Balaban J connectivity index is 4.20. The van der Waals surface area contributed by atoms with E-state index in [-0.39, 0.29) is 23.8 Å². The molecule has 5 heteroatoms. The molecule has 0 unspecified atom stereocenters. The van der Waals surface area contributed by atoms with Crippen molar-refractivity contribution in [2.75, 3.05) is 18.4 Å². The summed E-state index contributed by atoms with van der Waals surface area (Å²) in [4.78, 5) is 24.2. The standard InChI is InChI=1S/C10H18BrNO3/c1-5-12(8(13)6-11)7-9(14)15-10(2,3)4/h5-7H2,1-4H3. The maximum absolute atomic E-state index is 11.4. The molecule has 0 radical (unpaired) electrons. The summed E-state index contributed by atoms with van der Waals surface area (Å²) in [5.74, 6) is -0.484. The molecule has 4 nitrogen and oxygen atoms in total. The number of halogens is 1. The average molecular weight is 280 g/mol. The molecule has 0 spiro atoms. The van der Waals surface area contributed by atoms with Crippen molar-refractivity contribution in [3.8, 4) is 0 Å². The topological polar surface area (TPSA) is 46.6 Å². The van der Waals surface area contributed by atoms with Gasteiger partial charge in [-0.3, -0.25) is 9.59 Å². The number of esters is 1. The van der Waals surface area contributed by atoms with Crippen molar-refractivity contribution in [1.82, 2.24) is 4.90 Å². The van der Waals surface area contributed by atoms with Gasteiger partial charge in [0.2, 0.25) is 5.91 Å². The zero-order valence-electron chi connectivity index (χ0n) is 9.67. The predicted molar refractivity (Wildman–Crippen MR) is 61.9 cm³/mol. The maximum Gasteiger partial charge on any atom is 0.326 e. The molecule has 88 valence electrons. The van der Waals surface area contributed by atoms with E-state index in [2.05, 4.69) is 15.9 Å². The Morgan fingerprint density at radius 3 is 2.20 bits per heavy atom. The number of hydrogen-bond acceptors (Lipinski definition) is 3. The molecule has 0 aromatic carbocycles. The molecule has 0 rings (SSSR count). The van der Waals surface area contributed by atoms with Crippen molar-refractivity contribution in [1.29, 1.82) is 0 Å². The van der Waals surface area contributed by atoms with Crippen molar-refractivity contribution in [3.05, 3.63) is 0 Å². The first-order valence-corrected chi connectivity index (χ1v) is 5.98. The fourth-order valence-corrected chi connectivity index (χ4v) is 1.35. The van der Waals surface area contributed by atoms with Crippen LogP contribution in [0.5, 0.6) is 0 Å². The SMILES string of the molecule is CCN(CC(=O)OC(C)(C)C)C(=O)CBr. The van der Waals surface area contributed by atoms with Gasteiger partial charge in [-0.15, -0.1) is 0 Å². The van der Waals surface area contributed by atoms with E-state index in [0.717, 1.165) is 0 Å². The number of nitrogens with zero attached hydrogens (tertiary/aromatic N) is 1. The van der Waals surface area contributed by atoms with E-state index >= 15 is 0 Å². The summed E-state index contributed by atoms with van der Waals surface area (Å²) in [6.07, 6.45) is 0. The Hall–Kier alpha value is -0.580. The first-order chi connectivity index (χ1) is 6.80. The lowest BCUT2D eigenvalue weighted by Gasteiger charge is -2.23. The van der Waals surface area contributed by atoms with Crippen LogP contribution < -0.4 is 0 Å². The third-order valence-corrected chi connectivity index (χ3v) is 2.07. The highest BCUT2D eigenvalue weighted by molar-refractivity contribution is 9.09. The lowest BCUT2D eigenvalue weighted by Crippen LogP contribution is -2.39. The summed E-state index contributed by atoms with van der Waals surface area (Å²) < 4.78 is 5.12. The molecule has 0 saturated carbocycles. The summed E-state index contributed by atoms with van der Waals surface area (Å²) in [7, 11) is 0. The molecule has 0 bridgehead atoms. The van der Waals surface area contributed by atoms with Gasteiger partial charge < -0.3 is 9.64 Å². The molecule has 0 aromatic heterocycles. The summed E-state index contributed by atoms with van der Waals surface area (Å²) in [6, 6.07) is 0. The molecular weight excluding hydrogens is 262 g/mol. The molecule has 0 N–H and O–H groups in total. The highest BCUT2D eigenvalue weighted by Gasteiger charge is 2.20. The molecule has 1 amide bonds. The van der Waals surface area contributed by atoms with Gasteiger partial charge in [0, 0.05) is 6.54 Å². The van der Waals surface area contributed by atoms with Crippen LogP contribution in [0, 0.1) is 0 Å². The van der Waals surface area contributed by atoms with Crippen LogP contribution in [0.25, 0.3) is 0 Å². The van der Waals surface area contributed by atoms with Gasteiger partial charge in [-0.2, -0.15) is 0 Å². The Morgan fingerprint density at radius 1 is 1.33 bits per heavy atom. The van der Waals surface area contributed by atoms with Crippen molar-refractivity contribution in [2.45, 2.75) is 33.3 Å². The van der Waals surface area contributed by atoms with Gasteiger partial charge in [0.15, 0.2) is 0 Å². The van der Waals surface area contributed by atoms with E-state index in [4.69, 9.17) is 4.74 Å². The first-order valence-electron chi connectivity index (χ1n) is 4.85. The molecule has 0 aliphatic carbocycles. The molecule has 0 aromatic rings. The summed E-state index contributed by atoms with van der Waals surface area (Å²) in [5, 5.41) is 0.226. The number of amides is 1. The van der Waals surface area contributed by atoms with Gasteiger partial charge in [0.1, 0.15) is 12.1 Å².